The maximum atomic E-state index is 3.65. The Balaban J connectivity index is 1.55. The first-order valence-electron chi connectivity index (χ1n) is 7.95. The Morgan fingerprint density at radius 3 is 2.50 bits per heavy atom. The number of hydrogen-bond acceptors (Lipinski definition) is 3. The normalized spacial score (nSPS) is 27.8. The lowest BCUT2D eigenvalue weighted by atomic mass is 10.0. The molecule has 0 saturated carbocycles. The van der Waals surface area contributed by atoms with Crippen molar-refractivity contribution in [2.24, 2.45) is 0 Å². The Kier molecular flexibility index (Phi) is 5.93. The van der Waals surface area contributed by atoms with Crippen LogP contribution >= 0.6 is 0 Å². The van der Waals surface area contributed by atoms with Crippen molar-refractivity contribution in [2.75, 3.05) is 39.3 Å². The molecule has 106 valence electrons. The lowest BCUT2D eigenvalue weighted by Gasteiger charge is -2.37. The molecule has 0 bridgehead atoms. The highest BCUT2D eigenvalue weighted by Crippen LogP contribution is 2.13. The van der Waals surface area contributed by atoms with Crippen LogP contribution in [0.5, 0.6) is 0 Å². The van der Waals surface area contributed by atoms with Gasteiger partial charge in [-0.3, -0.25) is 4.90 Å². The van der Waals surface area contributed by atoms with E-state index in [0.717, 1.165) is 12.1 Å². The van der Waals surface area contributed by atoms with Crippen LogP contribution in [-0.2, 0) is 0 Å². The van der Waals surface area contributed by atoms with E-state index < -0.39 is 0 Å². The average molecular weight is 253 g/mol. The molecule has 2 rings (SSSR count). The minimum absolute atomic E-state index is 0.721. The summed E-state index contributed by atoms with van der Waals surface area (Å²) in [6.07, 6.45) is 6.98. The van der Waals surface area contributed by atoms with Crippen LogP contribution < -0.4 is 5.32 Å². The third kappa shape index (κ3) is 4.52. The van der Waals surface area contributed by atoms with Gasteiger partial charge in [-0.1, -0.05) is 6.42 Å². The number of piperidine rings is 1. The molecule has 2 heterocycles. The van der Waals surface area contributed by atoms with Gasteiger partial charge in [0, 0.05) is 38.3 Å². The SMILES string of the molecule is CC(C)N1CCN(CCCC2CCCCN2)CC1. The maximum Gasteiger partial charge on any atom is 0.0113 e. The van der Waals surface area contributed by atoms with Gasteiger partial charge in [-0.05, 0) is 52.6 Å². The molecule has 18 heavy (non-hydrogen) atoms. The highest BCUT2D eigenvalue weighted by atomic mass is 15.3. The molecule has 0 aromatic heterocycles. The van der Waals surface area contributed by atoms with E-state index in [0.29, 0.717) is 0 Å². The van der Waals surface area contributed by atoms with Crippen LogP contribution in [0.15, 0.2) is 0 Å². The Hall–Kier alpha value is -0.120. The van der Waals surface area contributed by atoms with Crippen LogP contribution in [-0.4, -0.2) is 61.2 Å². The summed E-state index contributed by atoms with van der Waals surface area (Å²) < 4.78 is 0. The van der Waals surface area contributed by atoms with Crippen LogP contribution in [0.1, 0.15) is 46.0 Å². The van der Waals surface area contributed by atoms with E-state index in [1.54, 1.807) is 0 Å². The van der Waals surface area contributed by atoms with Crippen molar-refractivity contribution in [1.82, 2.24) is 15.1 Å². The minimum atomic E-state index is 0.721. The number of nitrogens with zero attached hydrogens (tertiary/aromatic N) is 2. The number of rotatable bonds is 5. The highest BCUT2D eigenvalue weighted by molar-refractivity contribution is 4.76. The molecule has 0 aromatic carbocycles. The first-order chi connectivity index (χ1) is 8.75. The van der Waals surface area contributed by atoms with Gasteiger partial charge in [0.1, 0.15) is 0 Å². The lowest BCUT2D eigenvalue weighted by Crippen LogP contribution is -2.49. The van der Waals surface area contributed by atoms with Crippen LogP contribution in [0.25, 0.3) is 0 Å². The number of nitrogens with one attached hydrogen (secondary N) is 1. The molecule has 2 aliphatic heterocycles. The van der Waals surface area contributed by atoms with E-state index in [1.165, 1.54) is 71.4 Å². The molecule has 3 nitrogen and oxygen atoms in total. The molecule has 0 aliphatic carbocycles. The summed E-state index contributed by atoms with van der Waals surface area (Å²) in [4.78, 5) is 5.25. The second-order valence-corrected chi connectivity index (χ2v) is 6.26. The van der Waals surface area contributed by atoms with Crippen molar-refractivity contribution in [3.05, 3.63) is 0 Å². The third-order valence-electron chi connectivity index (χ3n) is 4.58. The fourth-order valence-corrected chi connectivity index (χ4v) is 3.24. The molecule has 0 spiro atoms. The van der Waals surface area contributed by atoms with Gasteiger partial charge in [-0.15, -0.1) is 0 Å². The van der Waals surface area contributed by atoms with Crippen molar-refractivity contribution in [3.63, 3.8) is 0 Å². The topological polar surface area (TPSA) is 18.5 Å². The third-order valence-corrected chi connectivity index (χ3v) is 4.58. The zero-order valence-corrected chi connectivity index (χ0v) is 12.3. The van der Waals surface area contributed by atoms with Gasteiger partial charge in [-0.2, -0.15) is 0 Å². The standard InChI is InChI=1S/C15H31N3/c1-14(2)18-12-10-17(11-13-18)9-5-7-15-6-3-4-8-16-15/h14-16H,3-13H2,1-2H3. The smallest absolute Gasteiger partial charge is 0.0113 e. The zero-order chi connectivity index (χ0) is 12.8. The van der Waals surface area contributed by atoms with E-state index in [9.17, 15) is 0 Å². The summed E-state index contributed by atoms with van der Waals surface area (Å²) in [7, 11) is 0. The molecule has 2 fully saturated rings. The molecule has 2 saturated heterocycles. The first-order valence-corrected chi connectivity index (χ1v) is 7.95. The largest absolute Gasteiger partial charge is 0.314 e. The van der Waals surface area contributed by atoms with E-state index in [2.05, 4.69) is 29.0 Å². The van der Waals surface area contributed by atoms with Gasteiger partial charge in [0.05, 0.1) is 0 Å². The molecule has 0 aromatic rings. The van der Waals surface area contributed by atoms with Gasteiger partial charge < -0.3 is 10.2 Å². The van der Waals surface area contributed by atoms with Gasteiger partial charge in [0.2, 0.25) is 0 Å². The molecular weight excluding hydrogens is 222 g/mol. The van der Waals surface area contributed by atoms with Crippen molar-refractivity contribution in [3.8, 4) is 0 Å². The summed E-state index contributed by atoms with van der Waals surface area (Å²) in [5.74, 6) is 0. The summed E-state index contributed by atoms with van der Waals surface area (Å²) >= 11 is 0. The van der Waals surface area contributed by atoms with E-state index >= 15 is 0 Å². The van der Waals surface area contributed by atoms with Gasteiger partial charge in [0.25, 0.3) is 0 Å². The number of hydrogen-bond donors (Lipinski definition) is 1. The predicted octanol–water partition coefficient (Wildman–Crippen LogP) is 1.93. The average Bonchev–Trinajstić information content (AvgIpc) is 2.40. The quantitative estimate of drug-likeness (QED) is 0.808. The van der Waals surface area contributed by atoms with Gasteiger partial charge in [0.15, 0.2) is 0 Å². The second kappa shape index (κ2) is 7.46. The summed E-state index contributed by atoms with van der Waals surface area (Å²) in [6.45, 7) is 12.3. The van der Waals surface area contributed by atoms with E-state index in [4.69, 9.17) is 0 Å². The fourth-order valence-electron chi connectivity index (χ4n) is 3.24. The Morgan fingerprint density at radius 2 is 1.89 bits per heavy atom. The summed E-state index contributed by atoms with van der Waals surface area (Å²) in [6, 6.07) is 1.54. The fraction of sp³-hybridized carbons (Fsp3) is 1.00. The van der Waals surface area contributed by atoms with Gasteiger partial charge in [-0.25, -0.2) is 0 Å². The van der Waals surface area contributed by atoms with Crippen molar-refractivity contribution < 1.29 is 0 Å². The van der Waals surface area contributed by atoms with Crippen LogP contribution in [0.2, 0.25) is 0 Å². The monoisotopic (exact) mass is 253 g/mol. The molecule has 1 unspecified atom stereocenters. The summed E-state index contributed by atoms with van der Waals surface area (Å²) in [5.41, 5.74) is 0. The molecule has 3 heteroatoms. The Morgan fingerprint density at radius 1 is 1.11 bits per heavy atom. The van der Waals surface area contributed by atoms with Crippen molar-refractivity contribution in [1.29, 1.82) is 0 Å². The first kappa shape index (κ1) is 14.3. The van der Waals surface area contributed by atoms with Crippen LogP contribution in [0.4, 0.5) is 0 Å². The molecule has 0 amide bonds. The van der Waals surface area contributed by atoms with E-state index in [1.807, 2.05) is 0 Å². The molecule has 0 radical (unpaired) electrons. The number of piperazine rings is 1. The molecular formula is C15H31N3. The summed E-state index contributed by atoms with van der Waals surface area (Å²) in [5, 5.41) is 3.65. The Bertz CT molecular complexity index is 216. The van der Waals surface area contributed by atoms with Gasteiger partial charge >= 0.3 is 0 Å². The maximum absolute atomic E-state index is 3.65. The second-order valence-electron chi connectivity index (χ2n) is 6.26. The van der Waals surface area contributed by atoms with Crippen molar-refractivity contribution >= 4 is 0 Å². The van der Waals surface area contributed by atoms with Crippen LogP contribution in [0.3, 0.4) is 0 Å². The predicted molar refractivity (Wildman–Crippen MR) is 78.0 cm³/mol. The zero-order valence-electron chi connectivity index (χ0n) is 12.3. The Labute approximate surface area is 113 Å². The molecule has 1 atom stereocenters. The molecule has 2 aliphatic rings. The minimum Gasteiger partial charge on any atom is -0.314 e. The molecule has 1 N–H and O–H groups in total. The van der Waals surface area contributed by atoms with Crippen LogP contribution in [0, 0.1) is 0 Å². The van der Waals surface area contributed by atoms with Crippen molar-refractivity contribution in [2.45, 2.75) is 58.0 Å². The highest BCUT2D eigenvalue weighted by Gasteiger charge is 2.19. The van der Waals surface area contributed by atoms with E-state index in [-0.39, 0.29) is 0 Å². The lowest BCUT2D eigenvalue weighted by molar-refractivity contribution is 0.106.